The van der Waals surface area contributed by atoms with E-state index in [2.05, 4.69) is 22.2 Å². The van der Waals surface area contributed by atoms with E-state index in [9.17, 15) is 19.5 Å². The molecule has 5 rings (SSSR count). The Labute approximate surface area is 351 Å². The molecule has 324 valence electrons. The molecule has 0 aliphatic carbocycles. The summed E-state index contributed by atoms with van der Waals surface area (Å²) < 4.78 is 11.9. The molecule has 3 heterocycles. The Morgan fingerprint density at radius 3 is 2.20 bits per heavy atom. The van der Waals surface area contributed by atoms with Crippen LogP contribution in [0.4, 0.5) is 17.2 Å². The van der Waals surface area contributed by atoms with Crippen molar-refractivity contribution < 1.29 is 39.5 Å². The molecule has 2 aromatic heterocycles. The third kappa shape index (κ3) is 18.5. The van der Waals surface area contributed by atoms with Gasteiger partial charge in [-0.25, -0.2) is 9.59 Å². The van der Waals surface area contributed by atoms with E-state index >= 15 is 0 Å². The fraction of sp³-hybridized carbons (Fsp3) is 0.523. The second kappa shape index (κ2) is 28.0. The number of pyridine rings is 1. The highest BCUT2D eigenvalue weighted by atomic mass is 35.5. The number of unbranched alkanes of at least 4 members (excludes halogenated alkanes) is 12. The van der Waals surface area contributed by atoms with Gasteiger partial charge in [0, 0.05) is 34.9 Å². The number of hydrogen-bond donors (Lipinski definition) is 6. The number of halogens is 1. The largest absolute Gasteiger partial charge is 0.481 e. The molecule has 7 N–H and O–H groups in total. The molecule has 1 aliphatic heterocycles. The molecule has 1 aliphatic rings. The summed E-state index contributed by atoms with van der Waals surface area (Å²) in [4.78, 5) is 42.0. The van der Waals surface area contributed by atoms with E-state index in [1.807, 2.05) is 6.07 Å². The lowest BCUT2D eigenvalue weighted by Gasteiger charge is -2.14. The lowest BCUT2D eigenvalue weighted by molar-refractivity contribution is -0.137. The quantitative estimate of drug-likeness (QED) is 0.0325. The number of aromatic nitrogens is 3. The second-order valence-corrected chi connectivity index (χ2v) is 15.0. The minimum absolute atomic E-state index is 0.0202. The van der Waals surface area contributed by atoms with Crippen molar-refractivity contribution in [3.63, 3.8) is 0 Å². The number of fused-ring (bicyclic) bond motifs is 1. The number of para-hydroxylation sites is 1. The highest BCUT2D eigenvalue weighted by molar-refractivity contribution is 6.31. The number of carboxylic acid groups (broad SMARTS) is 1. The summed E-state index contributed by atoms with van der Waals surface area (Å²) in [6.07, 6.45) is 20.3. The summed E-state index contributed by atoms with van der Waals surface area (Å²) in [5.41, 5.74) is 7.32. The predicted octanol–water partition coefficient (Wildman–Crippen LogP) is 8.19. The van der Waals surface area contributed by atoms with Crippen LogP contribution in [0.15, 0.2) is 71.8 Å². The topological polar surface area (TPSA) is 219 Å². The van der Waals surface area contributed by atoms with E-state index in [4.69, 9.17) is 42.1 Å². The number of aliphatic carboxylic acids is 1. The molecule has 0 spiro atoms. The number of carbonyl (C=O) groups is 2. The van der Waals surface area contributed by atoms with Crippen LogP contribution in [0.3, 0.4) is 0 Å². The average molecular weight is 840 g/mol. The van der Waals surface area contributed by atoms with Crippen LogP contribution in [0, 0.1) is 0 Å². The summed E-state index contributed by atoms with van der Waals surface area (Å²) >= 11 is 6.01. The van der Waals surface area contributed by atoms with Crippen LogP contribution in [-0.2, 0) is 14.3 Å². The molecule has 1 saturated heterocycles. The summed E-state index contributed by atoms with van der Waals surface area (Å²) in [7, 11) is 0. The number of nitrogens with one attached hydrogen (secondary N) is 1. The van der Waals surface area contributed by atoms with Crippen LogP contribution in [-0.4, -0.2) is 78.9 Å². The number of aliphatic hydroxyl groups is 3. The number of carbonyl (C=O) groups excluding carboxylic acids is 1. The number of anilines is 3. The van der Waals surface area contributed by atoms with Crippen LogP contribution in [0.1, 0.15) is 126 Å². The molecule has 2 aromatic carbocycles. The zero-order valence-electron chi connectivity index (χ0n) is 34.1. The van der Waals surface area contributed by atoms with Crippen molar-refractivity contribution in [1.29, 1.82) is 0 Å². The molecule has 0 saturated carbocycles. The smallest absolute Gasteiger partial charge is 0.351 e. The number of esters is 1. The number of rotatable bonds is 22. The molecule has 0 bridgehead atoms. The molecular weight excluding hydrogens is 778 g/mol. The molecule has 1 fully saturated rings. The average Bonchev–Trinajstić information content (AvgIpc) is 3.71. The first-order valence-corrected chi connectivity index (χ1v) is 21.1. The summed E-state index contributed by atoms with van der Waals surface area (Å²) in [6, 6.07) is 15.6. The van der Waals surface area contributed by atoms with Gasteiger partial charge in [-0.3, -0.25) is 14.3 Å². The normalized spacial score (nSPS) is 15.1. The number of aliphatic hydroxyl groups excluding tert-OH is 3. The Morgan fingerprint density at radius 1 is 0.932 bits per heavy atom. The Bertz CT molecular complexity index is 1900. The highest BCUT2D eigenvalue weighted by Crippen LogP contribution is 2.29. The van der Waals surface area contributed by atoms with Crippen molar-refractivity contribution >= 4 is 51.6 Å². The van der Waals surface area contributed by atoms with Crippen LogP contribution in [0.25, 0.3) is 10.9 Å². The summed E-state index contributed by atoms with van der Waals surface area (Å²) in [5, 5.41) is 40.2. The van der Waals surface area contributed by atoms with Gasteiger partial charge >= 0.3 is 17.6 Å². The number of benzene rings is 2. The maximum atomic E-state index is 12.3. The van der Waals surface area contributed by atoms with E-state index in [-0.39, 0.29) is 31.4 Å². The van der Waals surface area contributed by atoms with Crippen molar-refractivity contribution in [3.05, 3.63) is 88.1 Å². The Kier molecular flexibility index (Phi) is 23.1. The van der Waals surface area contributed by atoms with Crippen LogP contribution in [0.2, 0.25) is 5.02 Å². The Morgan fingerprint density at radius 2 is 1.59 bits per heavy atom. The maximum Gasteiger partial charge on any atom is 0.351 e. The van der Waals surface area contributed by atoms with Gasteiger partial charge in [-0.2, -0.15) is 4.98 Å². The molecule has 3 atom stereocenters. The van der Waals surface area contributed by atoms with Crippen molar-refractivity contribution in [2.24, 2.45) is 0 Å². The first kappa shape index (κ1) is 48.8. The third-order valence-corrected chi connectivity index (χ3v) is 9.92. The number of ether oxygens (including phenoxy) is 2. The molecular formula is C44H62ClN5O9. The van der Waals surface area contributed by atoms with E-state index in [0.29, 0.717) is 29.1 Å². The van der Waals surface area contributed by atoms with E-state index in [1.54, 1.807) is 60.9 Å². The third-order valence-electron chi connectivity index (χ3n) is 9.68. The minimum atomic E-state index is -1.10. The van der Waals surface area contributed by atoms with Gasteiger partial charge in [0.15, 0.2) is 0 Å². The molecule has 15 heteroatoms. The lowest BCUT2D eigenvalue weighted by Crippen LogP contribution is -2.27. The Hall–Kier alpha value is -4.60. The molecule has 59 heavy (non-hydrogen) atoms. The van der Waals surface area contributed by atoms with Crippen LogP contribution >= 0.6 is 11.6 Å². The minimum Gasteiger partial charge on any atom is -0.481 e. The highest BCUT2D eigenvalue weighted by Gasteiger charge is 2.26. The van der Waals surface area contributed by atoms with Crippen LogP contribution < -0.4 is 16.7 Å². The van der Waals surface area contributed by atoms with E-state index < -0.39 is 30.3 Å². The van der Waals surface area contributed by atoms with Crippen molar-refractivity contribution in [2.45, 2.75) is 128 Å². The van der Waals surface area contributed by atoms with E-state index in [1.165, 1.54) is 75.2 Å². The number of hydrogen-bond acceptors (Lipinski definition) is 12. The monoisotopic (exact) mass is 839 g/mol. The number of nitrogens with two attached hydrogens (primary N) is 1. The van der Waals surface area contributed by atoms with Gasteiger partial charge in [-0.05, 0) is 61.7 Å². The molecule has 0 amide bonds. The molecule has 1 unspecified atom stereocenters. The van der Waals surface area contributed by atoms with Gasteiger partial charge < -0.3 is 41.0 Å². The van der Waals surface area contributed by atoms with Gasteiger partial charge in [0.05, 0.1) is 36.1 Å². The fourth-order valence-corrected chi connectivity index (χ4v) is 6.58. The zero-order valence-corrected chi connectivity index (χ0v) is 34.9. The maximum absolute atomic E-state index is 12.3. The van der Waals surface area contributed by atoms with Crippen molar-refractivity contribution in [1.82, 2.24) is 14.5 Å². The SMILES string of the molecule is CCCCCCCCCCCCCCCC(=O)O.Nc1ccn([C@H]2CC[C@@H](CO)O2)c(=O)n1.O=C(OCC(O)CO)c1ccccc1Nc1ccnc2cc(Cl)ccc12. The summed E-state index contributed by atoms with van der Waals surface area (Å²) in [5.74, 6) is -1.05. The molecule has 4 aromatic rings. The van der Waals surface area contributed by atoms with Crippen molar-refractivity contribution in [3.8, 4) is 0 Å². The van der Waals surface area contributed by atoms with Gasteiger partial charge in [-0.1, -0.05) is 108 Å². The second-order valence-electron chi connectivity index (χ2n) is 14.5. The van der Waals surface area contributed by atoms with Crippen LogP contribution in [0.5, 0.6) is 0 Å². The van der Waals surface area contributed by atoms with E-state index in [0.717, 1.165) is 35.9 Å². The van der Waals surface area contributed by atoms with Gasteiger partial charge in [0.2, 0.25) is 0 Å². The summed E-state index contributed by atoms with van der Waals surface area (Å²) in [6.45, 7) is 1.49. The number of nitrogens with zero attached hydrogens (tertiary/aromatic N) is 3. The van der Waals surface area contributed by atoms with Gasteiger partial charge in [0.1, 0.15) is 24.8 Å². The predicted molar refractivity (Wildman–Crippen MR) is 231 cm³/mol. The number of carboxylic acids is 1. The van der Waals surface area contributed by atoms with Gasteiger partial charge in [0.25, 0.3) is 0 Å². The molecule has 0 radical (unpaired) electrons. The lowest BCUT2D eigenvalue weighted by atomic mass is 10.0. The van der Waals surface area contributed by atoms with Crippen molar-refractivity contribution in [2.75, 3.05) is 30.9 Å². The fourth-order valence-electron chi connectivity index (χ4n) is 6.41. The molecule has 14 nitrogen and oxygen atoms in total. The first-order valence-electron chi connectivity index (χ1n) is 20.7. The standard InChI is InChI=1S/C19H17ClN2O4.C16H32O2.C9H13N3O3/c20-12-5-6-14-17(7-8-21-18(14)9-12)22-16-4-2-1-3-15(16)19(25)26-11-13(24)10-23;1-2-3-4-5-6-7-8-9-10-11-12-13-14-15-16(17)18;10-7-3-4-12(9(14)11-7)8-2-1-6(5-13)15-8/h1-9,13,23-24H,10-11H2,(H,21,22);2-15H2,1H3,(H,17,18);3-4,6,8,13H,1-2,5H2,(H2,10,11,14)/t;;6-,8+/m..0/s1. The first-order chi connectivity index (χ1) is 28.6. The zero-order chi connectivity index (χ0) is 42.8. The van der Waals surface area contributed by atoms with Gasteiger partial charge in [-0.15, -0.1) is 0 Å². The number of nitrogen functional groups attached to an aromatic ring is 1. The Balaban J connectivity index is 0.000000248.